The summed E-state index contributed by atoms with van der Waals surface area (Å²) in [5, 5.41) is 0.170. The molecule has 6 nitrogen and oxygen atoms in total. The van der Waals surface area contributed by atoms with E-state index in [1.807, 2.05) is 4.57 Å². The zero-order valence-electron chi connectivity index (χ0n) is 18.4. The second-order valence-electron chi connectivity index (χ2n) is 8.11. The van der Waals surface area contributed by atoms with E-state index >= 15 is 4.39 Å². The molecular formula is C25H20ClF3N4O2. The molecule has 0 radical (unpaired) electrons. The first kappa shape index (κ1) is 23.3. The van der Waals surface area contributed by atoms with Crippen molar-refractivity contribution >= 4 is 11.6 Å². The molecule has 0 aliphatic carbocycles. The van der Waals surface area contributed by atoms with Crippen LogP contribution in [0.3, 0.4) is 0 Å². The van der Waals surface area contributed by atoms with Crippen LogP contribution in [0.5, 0.6) is 5.88 Å². The summed E-state index contributed by atoms with van der Waals surface area (Å²) >= 11 is 5.71. The van der Waals surface area contributed by atoms with Crippen LogP contribution < -0.4 is 4.74 Å². The molecule has 0 spiro atoms. The van der Waals surface area contributed by atoms with Crippen LogP contribution in [-0.4, -0.2) is 32.2 Å². The minimum Gasteiger partial charge on any atom is -0.471 e. The van der Waals surface area contributed by atoms with Gasteiger partial charge in [-0.15, -0.1) is 0 Å². The van der Waals surface area contributed by atoms with Crippen LogP contribution in [0.1, 0.15) is 23.5 Å². The molecule has 0 saturated carbocycles. The first-order chi connectivity index (χ1) is 17.0. The first-order valence-corrected chi connectivity index (χ1v) is 11.3. The van der Waals surface area contributed by atoms with Crippen molar-refractivity contribution in [2.75, 3.05) is 6.61 Å². The normalized spacial score (nSPS) is 15.1. The molecule has 0 bridgehead atoms. The van der Waals surface area contributed by atoms with Gasteiger partial charge in [-0.1, -0.05) is 17.7 Å². The van der Waals surface area contributed by atoms with Gasteiger partial charge in [0.2, 0.25) is 5.88 Å². The molecule has 1 fully saturated rings. The Hall–Kier alpha value is -3.43. The average molecular weight is 501 g/mol. The van der Waals surface area contributed by atoms with Crippen LogP contribution in [0.25, 0.3) is 11.3 Å². The number of pyridine rings is 2. The second kappa shape index (κ2) is 10.1. The van der Waals surface area contributed by atoms with Gasteiger partial charge in [0.1, 0.15) is 35.6 Å². The molecule has 10 heteroatoms. The fourth-order valence-corrected chi connectivity index (χ4v) is 3.89. The monoisotopic (exact) mass is 500 g/mol. The molecule has 1 aromatic carbocycles. The van der Waals surface area contributed by atoms with Crippen molar-refractivity contribution in [1.82, 2.24) is 19.5 Å². The smallest absolute Gasteiger partial charge is 0.214 e. The molecule has 0 amide bonds. The fourth-order valence-electron chi connectivity index (χ4n) is 3.75. The molecule has 1 aliphatic rings. The lowest BCUT2D eigenvalue weighted by molar-refractivity contribution is -0.0595. The van der Waals surface area contributed by atoms with Gasteiger partial charge in [-0.2, -0.15) is 0 Å². The van der Waals surface area contributed by atoms with Crippen LogP contribution >= 0.6 is 11.6 Å². The molecular weight excluding hydrogens is 481 g/mol. The largest absolute Gasteiger partial charge is 0.471 e. The van der Waals surface area contributed by atoms with Crippen molar-refractivity contribution < 1.29 is 22.6 Å². The number of nitrogens with zero attached hydrogens (tertiary/aromatic N) is 4. The third-order valence-corrected chi connectivity index (χ3v) is 5.93. The SMILES string of the molecule is Fc1cc(-c2cccc(OCc3ncc(Cl)cc3F)n2)c(F)cc1Cc1nccn1C[C@@H]1CCO1. The summed E-state index contributed by atoms with van der Waals surface area (Å²) in [5.41, 5.74) is 0.396. The van der Waals surface area contributed by atoms with E-state index in [-0.39, 0.29) is 52.5 Å². The average Bonchev–Trinajstić information content (AvgIpc) is 3.25. The molecule has 4 aromatic rings. The van der Waals surface area contributed by atoms with Crippen LogP contribution in [-0.2, 0) is 24.3 Å². The fraction of sp³-hybridized carbons (Fsp3) is 0.240. The summed E-state index contributed by atoms with van der Waals surface area (Å²) in [6, 6.07) is 8.06. The number of hydrogen-bond donors (Lipinski definition) is 0. The summed E-state index contributed by atoms with van der Waals surface area (Å²) in [4.78, 5) is 12.4. The maximum absolute atomic E-state index is 15.0. The highest BCUT2D eigenvalue weighted by Gasteiger charge is 2.21. The Bertz CT molecular complexity index is 1360. The molecule has 0 unspecified atom stereocenters. The molecule has 0 N–H and O–H groups in total. The number of imidazole rings is 1. The van der Waals surface area contributed by atoms with E-state index in [4.69, 9.17) is 21.1 Å². The van der Waals surface area contributed by atoms with E-state index in [1.54, 1.807) is 18.5 Å². The van der Waals surface area contributed by atoms with Gasteiger partial charge in [-0.25, -0.2) is 23.1 Å². The maximum Gasteiger partial charge on any atom is 0.214 e. The van der Waals surface area contributed by atoms with Crippen LogP contribution in [0.15, 0.2) is 55.0 Å². The predicted molar refractivity (Wildman–Crippen MR) is 123 cm³/mol. The van der Waals surface area contributed by atoms with E-state index in [1.165, 1.54) is 18.3 Å². The van der Waals surface area contributed by atoms with Gasteiger partial charge in [0.15, 0.2) is 0 Å². The van der Waals surface area contributed by atoms with E-state index in [0.29, 0.717) is 12.4 Å². The minimum atomic E-state index is -0.628. The zero-order valence-corrected chi connectivity index (χ0v) is 19.2. The van der Waals surface area contributed by atoms with Gasteiger partial charge < -0.3 is 14.0 Å². The van der Waals surface area contributed by atoms with Gasteiger partial charge in [0, 0.05) is 43.2 Å². The molecule has 1 saturated heterocycles. The number of ether oxygens (including phenoxy) is 2. The van der Waals surface area contributed by atoms with Gasteiger partial charge >= 0.3 is 0 Å². The molecule has 1 aliphatic heterocycles. The third kappa shape index (κ3) is 5.31. The summed E-state index contributed by atoms with van der Waals surface area (Å²) in [6.07, 6.45) is 5.98. The number of aromatic nitrogens is 4. The van der Waals surface area contributed by atoms with Gasteiger partial charge in [0.05, 0.1) is 23.4 Å². The number of hydrogen-bond acceptors (Lipinski definition) is 5. The molecule has 35 heavy (non-hydrogen) atoms. The van der Waals surface area contributed by atoms with E-state index in [2.05, 4.69) is 15.0 Å². The summed E-state index contributed by atoms with van der Waals surface area (Å²) < 4.78 is 56.8. The Balaban J connectivity index is 1.32. The Morgan fingerprint density at radius 2 is 1.94 bits per heavy atom. The van der Waals surface area contributed by atoms with Crippen molar-refractivity contribution in [3.8, 4) is 17.1 Å². The summed E-state index contributed by atoms with van der Waals surface area (Å²) in [6.45, 7) is 1.17. The summed E-state index contributed by atoms with van der Waals surface area (Å²) in [7, 11) is 0. The standard InChI is InChI=1S/C25H20ClF3N4O2/c26-16-10-21(29)23(31-12-16)14-35-25-3-1-2-22(32-25)18-11-19(27)15(8-20(18)28)9-24-30-5-6-33(24)13-17-4-7-34-17/h1-3,5-6,8,10-12,17H,4,7,9,13-14H2/t17-/m0/s1. The second-order valence-corrected chi connectivity index (χ2v) is 8.55. The van der Waals surface area contributed by atoms with Gasteiger partial charge in [-0.3, -0.25) is 4.98 Å². The lowest BCUT2D eigenvalue weighted by atomic mass is 10.0. The third-order valence-electron chi connectivity index (χ3n) is 5.72. The molecule has 5 rings (SSSR count). The minimum absolute atomic E-state index is 0.0151. The Kier molecular flexibility index (Phi) is 6.70. The van der Waals surface area contributed by atoms with Crippen LogP contribution in [0.4, 0.5) is 13.2 Å². The topological polar surface area (TPSA) is 62.1 Å². The molecule has 4 heterocycles. The van der Waals surface area contributed by atoms with Crippen LogP contribution in [0.2, 0.25) is 5.02 Å². The van der Waals surface area contributed by atoms with Crippen molar-refractivity contribution in [1.29, 1.82) is 0 Å². The Labute approximate surface area is 204 Å². The number of halogens is 4. The van der Waals surface area contributed by atoms with E-state index in [9.17, 15) is 8.78 Å². The number of rotatable bonds is 8. The van der Waals surface area contributed by atoms with Crippen molar-refractivity contribution in [2.24, 2.45) is 0 Å². The quantitative estimate of drug-likeness (QED) is 0.325. The molecule has 180 valence electrons. The predicted octanol–water partition coefficient (Wildman–Crippen LogP) is 5.37. The van der Waals surface area contributed by atoms with E-state index in [0.717, 1.165) is 31.2 Å². The Morgan fingerprint density at radius 1 is 1.09 bits per heavy atom. The number of benzene rings is 1. The first-order valence-electron chi connectivity index (χ1n) is 11.0. The van der Waals surface area contributed by atoms with Gasteiger partial charge in [-0.05, 0) is 36.2 Å². The highest BCUT2D eigenvalue weighted by molar-refractivity contribution is 6.30. The van der Waals surface area contributed by atoms with Crippen LogP contribution in [0, 0.1) is 17.5 Å². The highest BCUT2D eigenvalue weighted by atomic mass is 35.5. The van der Waals surface area contributed by atoms with Crippen molar-refractivity contribution in [2.45, 2.75) is 32.1 Å². The molecule has 3 aromatic heterocycles. The Morgan fingerprint density at radius 3 is 2.71 bits per heavy atom. The molecule has 1 atom stereocenters. The zero-order chi connectivity index (χ0) is 24.4. The van der Waals surface area contributed by atoms with E-state index < -0.39 is 17.5 Å². The highest BCUT2D eigenvalue weighted by Crippen LogP contribution is 2.27. The van der Waals surface area contributed by atoms with Gasteiger partial charge in [0.25, 0.3) is 0 Å². The lowest BCUT2D eigenvalue weighted by Crippen LogP contribution is -2.31. The van der Waals surface area contributed by atoms with Crippen molar-refractivity contribution in [3.63, 3.8) is 0 Å². The maximum atomic E-state index is 15.0. The van der Waals surface area contributed by atoms with Crippen molar-refractivity contribution in [3.05, 3.63) is 94.5 Å². The summed E-state index contributed by atoms with van der Waals surface area (Å²) in [5.74, 6) is -1.07. The lowest BCUT2D eigenvalue weighted by Gasteiger charge is -2.27.